The van der Waals surface area contributed by atoms with Gasteiger partial charge in [0.2, 0.25) is 5.88 Å². The third-order valence-corrected chi connectivity index (χ3v) is 2.95. The first-order valence-corrected chi connectivity index (χ1v) is 7.14. The zero-order valence-electron chi connectivity index (χ0n) is 12.4. The molecule has 1 heterocycles. The molecule has 0 saturated heterocycles. The van der Waals surface area contributed by atoms with Crippen LogP contribution in [0.5, 0.6) is 5.88 Å². The van der Waals surface area contributed by atoms with E-state index in [-0.39, 0.29) is 5.82 Å². The largest absolute Gasteiger partial charge is 0.478 e. The maximum absolute atomic E-state index is 12.8. The van der Waals surface area contributed by atoms with Crippen LogP contribution in [0.25, 0.3) is 0 Å². The molecule has 0 spiro atoms. The molecule has 1 aromatic carbocycles. The molecule has 0 fully saturated rings. The van der Waals surface area contributed by atoms with Crippen LogP contribution in [0.15, 0.2) is 30.3 Å². The molecular formula is C16H20FN3O. The van der Waals surface area contributed by atoms with Gasteiger partial charge in [-0.05, 0) is 31.0 Å². The second-order valence-electron chi connectivity index (χ2n) is 4.82. The van der Waals surface area contributed by atoms with Crippen molar-refractivity contribution in [1.82, 2.24) is 9.97 Å². The number of nitrogens with zero attached hydrogens (tertiary/aromatic N) is 2. The molecule has 0 amide bonds. The topological polar surface area (TPSA) is 47.0 Å². The summed E-state index contributed by atoms with van der Waals surface area (Å²) >= 11 is 0. The fraction of sp³-hybridized carbons (Fsp3) is 0.375. The number of aryl methyl sites for hydroxylation is 1. The van der Waals surface area contributed by atoms with Crippen molar-refractivity contribution in [2.45, 2.75) is 33.2 Å². The quantitative estimate of drug-likeness (QED) is 0.789. The molecule has 5 heteroatoms. The maximum Gasteiger partial charge on any atom is 0.218 e. The van der Waals surface area contributed by atoms with Gasteiger partial charge in [0.15, 0.2) is 0 Å². The number of halogens is 1. The van der Waals surface area contributed by atoms with Gasteiger partial charge in [-0.15, -0.1) is 0 Å². The van der Waals surface area contributed by atoms with Crippen LogP contribution in [0.4, 0.5) is 10.2 Å². The molecular weight excluding hydrogens is 269 g/mol. The minimum Gasteiger partial charge on any atom is -0.478 e. The Hall–Kier alpha value is -2.17. The van der Waals surface area contributed by atoms with Gasteiger partial charge in [-0.3, -0.25) is 0 Å². The summed E-state index contributed by atoms with van der Waals surface area (Å²) < 4.78 is 18.4. The molecule has 0 saturated carbocycles. The van der Waals surface area contributed by atoms with E-state index in [2.05, 4.69) is 22.2 Å². The number of unbranched alkanes of at least 4 members (excludes halogenated alkanes) is 1. The Morgan fingerprint density at radius 1 is 1.19 bits per heavy atom. The van der Waals surface area contributed by atoms with E-state index in [0.29, 0.717) is 30.7 Å². The van der Waals surface area contributed by atoms with Crippen LogP contribution >= 0.6 is 0 Å². The van der Waals surface area contributed by atoms with Crippen molar-refractivity contribution in [3.8, 4) is 5.88 Å². The van der Waals surface area contributed by atoms with E-state index in [0.717, 1.165) is 18.4 Å². The Morgan fingerprint density at radius 2 is 1.95 bits per heavy atom. The molecule has 0 radical (unpaired) electrons. The average molecular weight is 289 g/mol. The molecule has 0 aliphatic carbocycles. The molecule has 0 aliphatic heterocycles. The van der Waals surface area contributed by atoms with Crippen LogP contribution < -0.4 is 10.1 Å². The van der Waals surface area contributed by atoms with Crippen molar-refractivity contribution < 1.29 is 9.13 Å². The van der Waals surface area contributed by atoms with Gasteiger partial charge in [0.1, 0.15) is 17.5 Å². The Balaban J connectivity index is 1.97. The van der Waals surface area contributed by atoms with Crippen LogP contribution in [-0.4, -0.2) is 16.6 Å². The summed E-state index contributed by atoms with van der Waals surface area (Å²) in [5.74, 6) is 1.71. The highest BCUT2D eigenvalue weighted by atomic mass is 19.1. The monoisotopic (exact) mass is 289 g/mol. The highest BCUT2D eigenvalue weighted by Crippen LogP contribution is 2.15. The molecule has 21 heavy (non-hydrogen) atoms. The van der Waals surface area contributed by atoms with E-state index < -0.39 is 0 Å². The number of aromatic nitrogens is 2. The van der Waals surface area contributed by atoms with Crippen molar-refractivity contribution in [3.63, 3.8) is 0 Å². The Morgan fingerprint density at radius 3 is 2.67 bits per heavy atom. The Labute approximate surface area is 124 Å². The van der Waals surface area contributed by atoms with Gasteiger partial charge in [-0.2, -0.15) is 4.98 Å². The number of ether oxygens (including phenoxy) is 1. The van der Waals surface area contributed by atoms with Crippen LogP contribution in [0.1, 0.15) is 31.2 Å². The lowest BCUT2D eigenvalue weighted by molar-refractivity contribution is 0.296. The third-order valence-electron chi connectivity index (χ3n) is 2.95. The van der Waals surface area contributed by atoms with Crippen LogP contribution in [0, 0.1) is 12.7 Å². The van der Waals surface area contributed by atoms with Crippen molar-refractivity contribution in [2.24, 2.45) is 0 Å². The summed E-state index contributed by atoms with van der Waals surface area (Å²) in [7, 11) is 0. The van der Waals surface area contributed by atoms with E-state index in [4.69, 9.17) is 4.74 Å². The fourth-order valence-corrected chi connectivity index (χ4v) is 1.82. The lowest BCUT2D eigenvalue weighted by atomic mass is 10.2. The molecule has 4 nitrogen and oxygen atoms in total. The Bertz CT molecular complexity index is 572. The minimum atomic E-state index is -0.233. The number of rotatable bonds is 7. The number of nitrogens with one attached hydrogen (secondary N) is 1. The smallest absolute Gasteiger partial charge is 0.218 e. The first-order valence-electron chi connectivity index (χ1n) is 7.14. The summed E-state index contributed by atoms with van der Waals surface area (Å²) in [6.45, 7) is 5.18. The molecule has 2 aromatic rings. The lowest BCUT2D eigenvalue weighted by Gasteiger charge is -2.09. The van der Waals surface area contributed by atoms with Gasteiger partial charge in [0.25, 0.3) is 0 Å². The zero-order valence-corrected chi connectivity index (χ0v) is 12.4. The summed E-state index contributed by atoms with van der Waals surface area (Å²) in [5, 5.41) is 3.20. The van der Waals surface area contributed by atoms with E-state index in [1.165, 1.54) is 12.1 Å². The highest BCUT2D eigenvalue weighted by molar-refractivity contribution is 5.39. The molecule has 1 aromatic heterocycles. The van der Waals surface area contributed by atoms with Crippen LogP contribution in [0.3, 0.4) is 0 Å². The van der Waals surface area contributed by atoms with Gasteiger partial charge in [0.05, 0.1) is 6.61 Å². The van der Waals surface area contributed by atoms with Gasteiger partial charge in [-0.1, -0.05) is 25.5 Å². The first kappa shape index (κ1) is 15.2. The molecule has 0 atom stereocenters. The van der Waals surface area contributed by atoms with Crippen molar-refractivity contribution in [1.29, 1.82) is 0 Å². The predicted molar refractivity (Wildman–Crippen MR) is 80.9 cm³/mol. The molecule has 112 valence electrons. The van der Waals surface area contributed by atoms with E-state index in [1.807, 2.05) is 6.92 Å². The van der Waals surface area contributed by atoms with Crippen LogP contribution in [-0.2, 0) is 6.54 Å². The number of hydrogen-bond acceptors (Lipinski definition) is 4. The first-order chi connectivity index (χ1) is 10.2. The number of anilines is 1. The maximum atomic E-state index is 12.8. The normalized spacial score (nSPS) is 10.4. The van der Waals surface area contributed by atoms with Gasteiger partial charge >= 0.3 is 0 Å². The van der Waals surface area contributed by atoms with E-state index in [1.54, 1.807) is 18.2 Å². The molecule has 0 bridgehead atoms. The average Bonchev–Trinajstić information content (AvgIpc) is 2.46. The lowest BCUT2D eigenvalue weighted by Crippen LogP contribution is -2.05. The molecule has 2 rings (SSSR count). The van der Waals surface area contributed by atoms with Gasteiger partial charge in [0, 0.05) is 12.6 Å². The zero-order chi connectivity index (χ0) is 15.1. The minimum absolute atomic E-state index is 0.233. The number of hydrogen-bond donors (Lipinski definition) is 1. The summed E-state index contributed by atoms with van der Waals surface area (Å²) in [4.78, 5) is 8.57. The Kier molecular flexibility index (Phi) is 5.49. The second-order valence-corrected chi connectivity index (χ2v) is 4.82. The standard InChI is InChI=1S/C16H20FN3O/c1-3-4-9-21-16-10-15(19-12(2)20-16)18-11-13-5-7-14(17)8-6-13/h5-8,10H,3-4,9,11H2,1-2H3,(H,18,19,20). The predicted octanol–water partition coefficient (Wildman–Crippen LogP) is 3.72. The van der Waals surface area contributed by atoms with Gasteiger partial charge < -0.3 is 10.1 Å². The molecule has 0 aliphatic rings. The highest BCUT2D eigenvalue weighted by Gasteiger charge is 2.03. The summed E-state index contributed by atoms with van der Waals surface area (Å²) in [6.07, 6.45) is 2.08. The SMILES string of the molecule is CCCCOc1cc(NCc2ccc(F)cc2)nc(C)n1. The fourth-order valence-electron chi connectivity index (χ4n) is 1.82. The molecule has 1 N–H and O–H groups in total. The molecule has 0 unspecified atom stereocenters. The van der Waals surface area contributed by atoms with Crippen molar-refractivity contribution in [3.05, 3.63) is 47.5 Å². The number of benzene rings is 1. The van der Waals surface area contributed by atoms with Crippen molar-refractivity contribution in [2.75, 3.05) is 11.9 Å². The second kappa shape index (κ2) is 7.57. The summed E-state index contributed by atoms with van der Waals surface area (Å²) in [5.41, 5.74) is 0.987. The van der Waals surface area contributed by atoms with Gasteiger partial charge in [-0.25, -0.2) is 9.37 Å². The third kappa shape index (κ3) is 5.02. The van der Waals surface area contributed by atoms with E-state index >= 15 is 0 Å². The van der Waals surface area contributed by atoms with Crippen LogP contribution in [0.2, 0.25) is 0 Å². The van der Waals surface area contributed by atoms with E-state index in [9.17, 15) is 4.39 Å². The van der Waals surface area contributed by atoms with Crippen molar-refractivity contribution >= 4 is 5.82 Å². The summed E-state index contributed by atoms with van der Waals surface area (Å²) in [6, 6.07) is 8.17.